The molecule has 2 rings (SSSR count). The van der Waals surface area contributed by atoms with Crippen LogP contribution in [0.1, 0.15) is 32.0 Å². The SMILES string of the molecule is CC.CC(=O)NCc1c(C)[nH]c(N2CCOCC2)cc1=O. The molecule has 21 heavy (non-hydrogen) atoms. The van der Waals surface area contributed by atoms with Gasteiger partial charge in [-0.25, -0.2) is 0 Å². The molecule has 0 saturated carbocycles. The summed E-state index contributed by atoms with van der Waals surface area (Å²) in [5.41, 5.74) is 1.35. The number of aromatic amines is 1. The summed E-state index contributed by atoms with van der Waals surface area (Å²) in [4.78, 5) is 28.3. The number of ether oxygens (including phenoxy) is 1. The average Bonchev–Trinajstić information content (AvgIpc) is 2.49. The molecule has 1 aromatic rings. The molecule has 0 unspecified atom stereocenters. The summed E-state index contributed by atoms with van der Waals surface area (Å²) in [7, 11) is 0. The zero-order valence-corrected chi connectivity index (χ0v) is 13.3. The third-order valence-electron chi connectivity index (χ3n) is 3.20. The van der Waals surface area contributed by atoms with Crippen LogP contribution in [0.5, 0.6) is 0 Å². The maximum Gasteiger partial charge on any atom is 0.217 e. The Balaban J connectivity index is 0.00000106. The highest BCUT2D eigenvalue weighted by atomic mass is 16.5. The van der Waals surface area contributed by atoms with Crippen LogP contribution >= 0.6 is 0 Å². The van der Waals surface area contributed by atoms with Crippen LogP contribution in [-0.2, 0) is 16.1 Å². The van der Waals surface area contributed by atoms with Crippen LogP contribution in [0.4, 0.5) is 5.82 Å². The molecule has 1 aromatic heterocycles. The van der Waals surface area contributed by atoms with Crippen molar-refractivity contribution in [1.82, 2.24) is 10.3 Å². The molecule has 1 saturated heterocycles. The molecule has 1 fully saturated rings. The maximum atomic E-state index is 12.1. The van der Waals surface area contributed by atoms with Gasteiger partial charge in [0.15, 0.2) is 5.43 Å². The summed E-state index contributed by atoms with van der Waals surface area (Å²) in [6.45, 7) is 10.5. The van der Waals surface area contributed by atoms with E-state index in [-0.39, 0.29) is 17.9 Å². The topological polar surface area (TPSA) is 74.4 Å². The number of rotatable bonds is 3. The van der Waals surface area contributed by atoms with Gasteiger partial charge in [0.1, 0.15) is 5.82 Å². The van der Waals surface area contributed by atoms with Gasteiger partial charge in [0.25, 0.3) is 0 Å². The summed E-state index contributed by atoms with van der Waals surface area (Å²) in [5.74, 6) is 0.674. The summed E-state index contributed by atoms with van der Waals surface area (Å²) in [6, 6.07) is 1.59. The van der Waals surface area contributed by atoms with Crippen molar-refractivity contribution in [3.05, 3.63) is 27.5 Å². The first-order valence-electron chi connectivity index (χ1n) is 7.38. The molecule has 118 valence electrons. The zero-order valence-electron chi connectivity index (χ0n) is 13.3. The Morgan fingerprint density at radius 3 is 2.52 bits per heavy atom. The van der Waals surface area contributed by atoms with Crippen molar-refractivity contribution in [3.63, 3.8) is 0 Å². The fraction of sp³-hybridized carbons (Fsp3) is 0.600. The normalized spacial score (nSPS) is 14.2. The maximum absolute atomic E-state index is 12.1. The fourth-order valence-corrected chi connectivity index (χ4v) is 2.11. The number of hydrogen-bond donors (Lipinski definition) is 2. The van der Waals surface area contributed by atoms with Gasteiger partial charge < -0.3 is 19.9 Å². The highest BCUT2D eigenvalue weighted by molar-refractivity contribution is 5.72. The van der Waals surface area contributed by atoms with Crippen molar-refractivity contribution in [3.8, 4) is 0 Å². The predicted octanol–water partition coefficient (Wildman–Crippen LogP) is 1.18. The number of carbonyl (C=O) groups excluding carboxylic acids is 1. The van der Waals surface area contributed by atoms with Gasteiger partial charge in [-0.15, -0.1) is 0 Å². The molecule has 6 nitrogen and oxygen atoms in total. The summed E-state index contributed by atoms with van der Waals surface area (Å²) >= 11 is 0. The van der Waals surface area contributed by atoms with E-state index in [1.54, 1.807) is 6.07 Å². The van der Waals surface area contributed by atoms with Crippen molar-refractivity contribution in [1.29, 1.82) is 0 Å². The number of pyridine rings is 1. The van der Waals surface area contributed by atoms with Gasteiger partial charge in [0.05, 0.1) is 13.2 Å². The second kappa shape index (κ2) is 8.46. The number of hydrogen-bond acceptors (Lipinski definition) is 4. The lowest BCUT2D eigenvalue weighted by Crippen LogP contribution is -2.37. The smallest absolute Gasteiger partial charge is 0.217 e. The van der Waals surface area contributed by atoms with E-state index >= 15 is 0 Å². The van der Waals surface area contributed by atoms with Crippen molar-refractivity contribution < 1.29 is 9.53 Å². The second-order valence-electron chi connectivity index (χ2n) is 4.63. The van der Waals surface area contributed by atoms with E-state index in [0.717, 1.165) is 24.6 Å². The number of nitrogens with one attached hydrogen (secondary N) is 2. The monoisotopic (exact) mass is 295 g/mol. The lowest BCUT2D eigenvalue weighted by atomic mass is 10.2. The van der Waals surface area contributed by atoms with E-state index < -0.39 is 0 Å². The molecule has 0 atom stereocenters. The van der Waals surface area contributed by atoms with E-state index in [9.17, 15) is 9.59 Å². The second-order valence-corrected chi connectivity index (χ2v) is 4.63. The number of amides is 1. The first-order valence-corrected chi connectivity index (χ1v) is 7.38. The Morgan fingerprint density at radius 1 is 1.38 bits per heavy atom. The van der Waals surface area contributed by atoms with E-state index in [0.29, 0.717) is 18.8 Å². The highest BCUT2D eigenvalue weighted by Gasteiger charge is 2.14. The van der Waals surface area contributed by atoms with Crippen LogP contribution < -0.4 is 15.6 Å². The Kier molecular flexibility index (Phi) is 6.94. The minimum Gasteiger partial charge on any atom is -0.378 e. The number of H-pyrrole nitrogens is 1. The molecule has 6 heteroatoms. The third-order valence-corrected chi connectivity index (χ3v) is 3.20. The van der Waals surface area contributed by atoms with Crippen molar-refractivity contribution >= 4 is 11.7 Å². The lowest BCUT2D eigenvalue weighted by Gasteiger charge is -2.28. The Morgan fingerprint density at radius 2 is 2.00 bits per heavy atom. The molecular weight excluding hydrogens is 270 g/mol. The van der Waals surface area contributed by atoms with Crippen LogP contribution in [0.3, 0.4) is 0 Å². The van der Waals surface area contributed by atoms with E-state index in [4.69, 9.17) is 4.74 Å². The number of anilines is 1. The Hall–Kier alpha value is -1.82. The van der Waals surface area contributed by atoms with Gasteiger partial charge >= 0.3 is 0 Å². The Bertz CT molecular complexity index is 519. The van der Waals surface area contributed by atoms with Crippen LogP contribution in [0, 0.1) is 6.92 Å². The molecule has 1 aliphatic heterocycles. The first-order chi connectivity index (χ1) is 10.1. The van der Waals surface area contributed by atoms with E-state index in [1.807, 2.05) is 20.8 Å². The first kappa shape index (κ1) is 17.2. The van der Waals surface area contributed by atoms with Gasteiger partial charge in [-0.2, -0.15) is 0 Å². The molecular formula is C15H25N3O3. The Labute approximate surface area is 125 Å². The van der Waals surface area contributed by atoms with Gasteiger partial charge in [0.2, 0.25) is 5.91 Å². The largest absolute Gasteiger partial charge is 0.378 e. The van der Waals surface area contributed by atoms with Crippen LogP contribution in [-0.4, -0.2) is 37.2 Å². The minimum atomic E-state index is -0.143. The van der Waals surface area contributed by atoms with Gasteiger partial charge in [-0.1, -0.05) is 13.8 Å². The molecule has 0 aromatic carbocycles. The van der Waals surface area contributed by atoms with Crippen molar-refractivity contribution in [2.45, 2.75) is 34.2 Å². The summed E-state index contributed by atoms with van der Waals surface area (Å²) in [5, 5.41) is 2.65. The molecule has 0 radical (unpaired) electrons. The summed E-state index contributed by atoms with van der Waals surface area (Å²) < 4.78 is 5.29. The number of nitrogens with zero attached hydrogens (tertiary/aromatic N) is 1. The summed E-state index contributed by atoms with van der Waals surface area (Å²) in [6.07, 6.45) is 0. The third kappa shape index (κ3) is 4.90. The standard InChI is InChI=1S/C13H19N3O3.C2H6/c1-9-11(8-14-10(2)17)12(18)7-13(15-9)16-3-5-19-6-4-16;1-2/h7H,3-6,8H2,1-2H3,(H,14,17)(H,15,18);1-2H3. The molecule has 1 aliphatic rings. The zero-order chi connectivity index (χ0) is 15.8. The van der Waals surface area contributed by atoms with Gasteiger partial charge in [-0.3, -0.25) is 9.59 Å². The molecule has 1 amide bonds. The van der Waals surface area contributed by atoms with Crippen LogP contribution in [0.25, 0.3) is 0 Å². The number of aryl methyl sites for hydroxylation is 1. The highest BCUT2D eigenvalue weighted by Crippen LogP contribution is 2.12. The fourth-order valence-electron chi connectivity index (χ4n) is 2.11. The predicted molar refractivity (Wildman–Crippen MR) is 83.7 cm³/mol. The molecule has 2 heterocycles. The number of carbonyl (C=O) groups is 1. The number of aromatic nitrogens is 1. The van der Waals surface area contributed by atoms with E-state index in [2.05, 4.69) is 15.2 Å². The van der Waals surface area contributed by atoms with Gasteiger partial charge in [-0.05, 0) is 6.92 Å². The minimum absolute atomic E-state index is 0.0495. The number of morpholine rings is 1. The molecule has 0 aliphatic carbocycles. The molecule has 2 N–H and O–H groups in total. The molecule has 0 bridgehead atoms. The van der Waals surface area contributed by atoms with Crippen molar-refractivity contribution in [2.75, 3.05) is 31.2 Å². The van der Waals surface area contributed by atoms with Crippen LogP contribution in [0.2, 0.25) is 0 Å². The van der Waals surface area contributed by atoms with E-state index in [1.165, 1.54) is 6.92 Å². The quantitative estimate of drug-likeness (QED) is 0.878. The van der Waals surface area contributed by atoms with Crippen LogP contribution in [0.15, 0.2) is 10.9 Å². The molecule has 0 spiro atoms. The lowest BCUT2D eigenvalue weighted by molar-refractivity contribution is -0.119. The van der Waals surface area contributed by atoms with Crippen molar-refractivity contribution in [2.24, 2.45) is 0 Å². The average molecular weight is 295 g/mol. The van der Waals surface area contributed by atoms with Gasteiger partial charge in [0, 0.05) is 43.9 Å².